The monoisotopic (exact) mass is 464 g/mol. The summed E-state index contributed by atoms with van der Waals surface area (Å²) in [7, 11) is 0. The van der Waals surface area contributed by atoms with Crippen molar-refractivity contribution in [2.45, 2.75) is 32.5 Å². The molecule has 10 heteroatoms. The number of amides is 1. The van der Waals surface area contributed by atoms with Crippen LogP contribution < -0.4 is 5.32 Å². The third-order valence-electron chi connectivity index (χ3n) is 4.05. The zero-order chi connectivity index (χ0) is 21.7. The molecule has 2 heterocycles. The number of ether oxygens (including phenoxy) is 1. The van der Waals surface area contributed by atoms with Gasteiger partial charge in [-0.25, -0.2) is 4.79 Å². The molecule has 0 bridgehead atoms. The van der Waals surface area contributed by atoms with Crippen LogP contribution in [0.2, 0.25) is 5.02 Å². The Balaban J connectivity index is 1.69. The Morgan fingerprint density at radius 1 is 1.27 bits per heavy atom. The molecule has 0 aliphatic carbocycles. The average Bonchev–Trinajstić information content (AvgIpc) is 3.29. The number of aromatic nitrogens is 3. The maximum Gasteiger partial charge on any atom is 0.341 e. The van der Waals surface area contributed by atoms with E-state index in [-0.39, 0.29) is 18.3 Å². The number of hydrogen-bond donors (Lipinski definition) is 1. The van der Waals surface area contributed by atoms with Gasteiger partial charge in [-0.3, -0.25) is 4.79 Å². The number of rotatable bonds is 8. The highest BCUT2D eigenvalue weighted by Crippen LogP contribution is 2.29. The van der Waals surface area contributed by atoms with Crippen LogP contribution in [0.4, 0.5) is 5.00 Å². The van der Waals surface area contributed by atoms with Crippen molar-refractivity contribution in [2.75, 3.05) is 17.7 Å². The van der Waals surface area contributed by atoms with Crippen molar-refractivity contribution < 1.29 is 14.3 Å². The second-order valence-electron chi connectivity index (χ2n) is 6.22. The highest BCUT2D eigenvalue weighted by atomic mass is 35.5. The van der Waals surface area contributed by atoms with E-state index in [9.17, 15) is 9.59 Å². The van der Waals surface area contributed by atoms with Crippen LogP contribution in [0.15, 0.2) is 35.5 Å². The summed E-state index contributed by atoms with van der Waals surface area (Å²) in [6, 6.07) is 9.12. The number of anilines is 1. The molecule has 0 atom stereocenters. The summed E-state index contributed by atoms with van der Waals surface area (Å²) in [5.74, 6) is 0.151. The summed E-state index contributed by atoms with van der Waals surface area (Å²) in [6.45, 7) is 6.53. The predicted octanol–water partition coefficient (Wildman–Crippen LogP) is 4.90. The minimum atomic E-state index is -0.443. The van der Waals surface area contributed by atoms with Gasteiger partial charge in [-0.15, -0.1) is 21.5 Å². The standard InChI is InChI=1S/C20H21ClN4O3S2/c1-4-25-17(13-7-6-8-14(21)10-13)23-24-20(25)29-11-16(26)22-18-15(9-12(3)30-18)19(27)28-5-2/h6-10H,4-5,11H2,1-3H3,(H,22,26). The Morgan fingerprint density at radius 2 is 2.07 bits per heavy atom. The van der Waals surface area contributed by atoms with E-state index >= 15 is 0 Å². The van der Waals surface area contributed by atoms with Gasteiger partial charge in [-0.05, 0) is 39.0 Å². The second-order valence-corrected chi connectivity index (χ2v) is 8.85. The van der Waals surface area contributed by atoms with E-state index in [0.717, 1.165) is 10.4 Å². The zero-order valence-corrected chi connectivity index (χ0v) is 19.2. The molecule has 1 aromatic carbocycles. The van der Waals surface area contributed by atoms with Crippen LogP contribution >= 0.6 is 34.7 Å². The SMILES string of the molecule is CCOC(=O)c1cc(C)sc1NC(=O)CSc1nnc(-c2cccc(Cl)c2)n1CC. The molecule has 0 unspecified atom stereocenters. The molecule has 0 saturated heterocycles. The Kier molecular flexibility index (Phi) is 7.52. The Bertz CT molecular complexity index is 1060. The van der Waals surface area contributed by atoms with Crippen molar-refractivity contribution in [1.82, 2.24) is 14.8 Å². The first-order valence-electron chi connectivity index (χ1n) is 9.32. The number of nitrogens with one attached hydrogen (secondary N) is 1. The molecule has 7 nitrogen and oxygen atoms in total. The van der Waals surface area contributed by atoms with Crippen molar-refractivity contribution in [3.05, 3.63) is 45.8 Å². The van der Waals surface area contributed by atoms with Gasteiger partial charge in [-0.1, -0.05) is 35.5 Å². The van der Waals surface area contributed by atoms with Gasteiger partial charge in [-0.2, -0.15) is 0 Å². The zero-order valence-electron chi connectivity index (χ0n) is 16.8. The minimum Gasteiger partial charge on any atom is -0.462 e. The number of carbonyl (C=O) groups excluding carboxylic acids is 2. The molecule has 0 fully saturated rings. The molecule has 0 aliphatic rings. The molecule has 1 amide bonds. The predicted molar refractivity (Wildman–Crippen MR) is 121 cm³/mol. The van der Waals surface area contributed by atoms with Gasteiger partial charge in [0.05, 0.1) is 17.9 Å². The van der Waals surface area contributed by atoms with E-state index in [0.29, 0.717) is 33.1 Å². The Hall–Kier alpha value is -2.36. The fraction of sp³-hybridized carbons (Fsp3) is 0.300. The Morgan fingerprint density at radius 3 is 2.77 bits per heavy atom. The number of benzene rings is 1. The number of halogens is 1. The fourth-order valence-electron chi connectivity index (χ4n) is 2.78. The number of thiophene rings is 1. The van der Waals surface area contributed by atoms with Crippen molar-refractivity contribution in [2.24, 2.45) is 0 Å². The normalized spacial score (nSPS) is 10.8. The van der Waals surface area contributed by atoms with E-state index in [2.05, 4.69) is 15.5 Å². The fourth-order valence-corrected chi connectivity index (χ4v) is 4.69. The molecule has 1 N–H and O–H groups in total. The number of nitrogens with zero attached hydrogens (tertiary/aromatic N) is 3. The summed E-state index contributed by atoms with van der Waals surface area (Å²) in [5, 5.41) is 13.0. The van der Waals surface area contributed by atoms with Crippen LogP contribution in [0.3, 0.4) is 0 Å². The van der Waals surface area contributed by atoms with Gasteiger partial charge < -0.3 is 14.6 Å². The van der Waals surface area contributed by atoms with Crippen LogP contribution in [0.1, 0.15) is 29.1 Å². The Labute approximate surface area is 187 Å². The van der Waals surface area contributed by atoms with E-state index in [1.807, 2.05) is 36.6 Å². The van der Waals surface area contributed by atoms with Crippen molar-refractivity contribution in [3.8, 4) is 11.4 Å². The largest absolute Gasteiger partial charge is 0.462 e. The lowest BCUT2D eigenvalue weighted by Crippen LogP contribution is -2.16. The highest BCUT2D eigenvalue weighted by Gasteiger charge is 2.19. The first kappa shape index (κ1) is 22.3. The average molecular weight is 465 g/mol. The first-order valence-corrected chi connectivity index (χ1v) is 11.5. The van der Waals surface area contributed by atoms with Gasteiger partial charge in [0.1, 0.15) is 5.00 Å². The number of thioether (sulfide) groups is 1. The third kappa shape index (κ3) is 5.21. The topological polar surface area (TPSA) is 86.1 Å². The third-order valence-corrected chi connectivity index (χ3v) is 6.22. The van der Waals surface area contributed by atoms with Crippen molar-refractivity contribution in [1.29, 1.82) is 0 Å². The van der Waals surface area contributed by atoms with Gasteiger partial charge in [0.2, 0.25) is 5.91 Å². The maximum absolute atomic E-state index is 12.5. The highest BCUT2D eigenvalue weighted by molar-refractivity contribution is 7.99. The first-order chi connectivity index (χ1) is 14.4. The van der Waals surface area contributed by atoms with Crippen LogP contribution in [0.5, 0.6) is 0 Å². The van der Waals surface area contributed by atoms with Gasteiger partial charge in [0.15, 0.2) is 11.0 Å². The smallest absolute Gasteiger partial charge is 0.341 e. The number of hydrogen-bond acceptors (Lipinski definition) is 7. The van der Waals surface area contributed by atoms with Gasteiger partial charge >= 0.3 is 5.97 Å². The van der Waals surface area contributed by atoms with Crippen molar-refractivity contribution >= 4 is 51.6 Å². The van der Waals surface area contributed by atoms with Gasteiger partial charge in [0, 0.05) is 22.0 Å². The maximum atomic E-state index is 12.5. The van der Waals surface area contributed by atoms with Crippen LogP contribution in [0.25, 0.3) is 11.4 Å². The van der Waals surface area contributed by atoms with Gasteiger partial charge in [0.25, 0.3) is 0 Å². The van der Waals surface area contributed by atoms with Crippen molar-refractivity contribution in [3.63, 3.8) is 0 Å². The molecule has 158 valence electrons. The molecule has 30 heavy (non-hydrogen) atoms. The molecule has 3 rings (SSSR count). The molecular formula is C20H21ClN4O3S2. The summed E-state index contributed by atoms with van der Waals surface area (Å²) in [4.78, 5) is 25.5. The summed E-state index contributed by atoms with van der Waals surface area (Å²) in [5.41, 5.74) is 1.24. The minimum absolute atomic E-state index is 0.132. The molecule has 0 saturated carbocycles. The molecule has 2 aromatic heterocycles. The van der Waals surface area contributed by atoms with E-state index in [1.54, 1.807) is 19.1 Å². The lowest BCUT2D eigenvalue weighted by atomic mass is 10.2. The van der Waals surface area contributed by atoms with E-state index in [1.165, 1.54) is 23.1 Å². The van der Waals surface area contributed by atoms with E-state index < -0.39 is 5.97 Å². The summed E-state index contributed by atoms with van der Waals surface area (Å²) >= 11 is 8.71. The molecule has 3 aromatic rings. The van der Waals surface area contributed by atoms with Crippen LogP contribution in [0, 0.1) is 6.92 Å². The molecule has 0 radical (unpaired) electrons. The lowest BCUT2D eigenvalue weighted by molar-refractivity contribution is -0.113. The number of carbonyl (C=O) groups is 2. The second kappa shape index (κ2) is 10.1. The molecule has 0 aliphatic heterocycles. The molecular weight excluding hydrogens is 444 g/mol. The summed E-state index contributed by atoms with van der Waals surface area (Å²) < 4.78 is 6.99. The quantitative estimate of drug-likeness (QED) is 0.377. The molecule has 0 spiro atoms. The van der Waals surface area contributed by atoms with Crippen LogP contribution in [-0.4, -0.2) is 39.0 Å². The number of esters is 1. The lowest BCUT2D eigenvalue weighted by Gasteiger charge is -2.08. The van der Waals surface area contributed by atoms with Crippen LogP contribution in [-0.2, 0) is 16.1 Å². The number of aryl methyl sites for hydroxylation is 1. The van der Waals surface area contributed by atoms with E-state index in [4.69, 9.17) is 16.3 Å². The summed E-state index contributed by atoms with van der Waals surface area (Å²) in [6.07, 6.45) is 0.